The fourth-order valence-corrected chi connectivity index (χ4v) is 4.21. The number of halogens is 7. The maximum Gasteiger partial charge on any atom is 0.416 e. The molecule has 41 heavy (non-hydrogen) atoms. The van der Waals surface area contributed by atoms with Gasteiger partial charge < -0.3 is 10.4 Å². The number of nitrogens with zero attached hydrogens (tertiary/aromatic N) is 3. The minimum atomic E-state index is -5.05. The van der Waals surface area contributed by atoms with Crippen molar-refractivity contribution in [2.75, 3.05) is 0 Å². The first kappa shape index (κ1) is 30.3. The lowest BCUT2D eigenvalue weighted by Gasteiger charge is -2.18. The van der Waals surface area contributed by atoms with Crippen molar-refractivity contribution in [1.82, 2.24) is 19.7 Å². The summed E-state index contributed by atoms with van der Waals surface area (Å²) in [7, 11) is 0. The Balaban J connectivity index is 1.64. The third-order valence-corrected chi connectivity index (χ3v) is 6.63. The average molecular weight is 605 g/mol. The van der Waals surface area contributed by atoms with Gasteiger partial charge in [0.05, 0.1) is 18.0 Å². The molecular weight excluding hydrogens is 582 g/mol. The van der Waals surface area contributed by atoms with E-state index in [9.17, 15) is 45.8 Å². The van der Waals surface area contributed by atoms with Crippen LogP contribution in [0, 0.1) is 0 Å². The number of Topliss-reactive ketones (excluding diaryl/α,β-unsaturated/α-hetero) is 1. The van der Waals surface area contributed by atoms with E-state index < -0.39 is 66.8 Å². The standard InChI is InChI=1S/C26H23ClF6N4O4/c27-17-6-4-14(5-7-17)22-35-37(24(41)36(22)13-21(39)26(31,32)33)12-19(38)11-20(23(40)34-18-8-9-18)15-2-1-3-16(10-15)25(28,29)30/h1-7,10,18,20-21,39H,8-9,11-13H2,(H,34,40). The summed E-state index contributed by atoms with van der Waals surface area (Å²) in [6.45, 7) is -2.01. The number of benzene rings is 2. The molecule has 1 fully saturated rings. The van der Waals surface area contributed by atoms with Crippen LogP contribution in [0.5, 0.6) is 0 Å². The molecule has 1 heterocycles. The molecule has 15 heteroatoms. The Bertz CT molecular complexity index is 1480. The molecule has 2 unspecified atom stereocenters. The van der Waals surface area contributed by atoms with E-state index in [0.29, 0.717) is 22.1 Å². The number of amides is 1. The Morgan fingerprint density at radius 1 is 1.07 bits per heavy atom. The second-order valence-corrected chi connectivity index (χ2v) is 10.1. The number of carbonyl (C=O) groups excluding carboxylic acids is 2. The van der Waals surface area contributed by atoms with E-state index in [-0.39, 0.29) is 28.0 Å². The Morgan fingerprint density at radius 2 is 1.73 bits per heavy atom. The number of alkyl halides is 6. The minimum Gasteiger partial charge on any atom is -0.382 e. The quantitative estimate of drug-likeness (QED) is 0.335. The van der Waals surface area contributed by atoms with E-state index in [4.69, 9.17) is 11.6 Å². The van der Waals surface area contributed by atoms with Crippen molar-refractivity contribution in [3.8, 4) is 11.4 Å². The van der Waals surface area contributed by atoms with Crippen LogP contribution in [0.4, 0.5) is 26.3 Å². The van der Waals surface area contributed by atoms with Crippen LogP contribution in [0.3, 0.4) is 0 Å². The van der Waals surface area contributed by atoms with Crippen molar-refractivity contribution in [2.24, 2.45) is 0 Å². The van der Waals surface area contributed by atoms with Gasteiger partial charge in [0.15, 0.2) is 17.7 Å². The minimum absolute atomic E-state index is 0.0700. The predicted molar refractivity (Wildman–Crippen MR) is 134 cm³/mol. The first-order chi connectivity index (χ1) is 19.1. The number of ketones is 1. The second kappa shape index (κ2) is 11.7. The van der Waals surface area contributed by atoms with Gasteiger partial charge in [-0.05, 0) is 48.7 Å². The Labute approximate surface area is 233 Å². The van der Waals surface area contributed by atoms with Gasteiger partial charge in [0, 0.05) is 23.0 Å². The largest absolute Gasteiger partial charge is 0.416 e. The fourth-order valence-electron chi connectivity index (χ4n) is 4.08. The molecule has 1 aliphatic rings. The third-order valence-electron chi connectivity index (χ3n) is 6.37. The fraction of sp³-hybridized carbons (Fsp3) is 0.385. The Hall–Kier alpha value is -3.65. The van der Waals surface area contributed by atoms with Crippen LogP contribution in [0.15, 0.2) is 53.3 Å². The lowest BCUT2D eigenvalue weighted by Crippen LogP contribution is -2.38. The molecule has 4 rings (SSSR count). The van der Waals surface area contributed by atoms with Crippen molar-refractivity contribution in [3.05, 3.63) is 75.2 Å². The lowest BCUT2D eigenvalue weighted by atomic mass is 9.91. The summed E-state index contributed by atoms with van der Waals surface area (Å²) in [4.78, 5) is 39.0. The summed E-state index contributed by atoms with van der Waals surface area (Å²) in [6, 6.07) is 9.35. The third kappa shape index (κ3) is 7.55. The van der Waals surface area contributed by atoms with Gasteiger partial charge in [-0.2, -0.15) is 26.3 Å². The maximum absolute atomic E-state index is 13.3. The van der Waals surface area contributed by atoms with Crippen LogP contribution in [-0.4, -0.2) is 49.5 Å². The van der Waals surface area contributed by atoms with Crippen molar-refractivity contribution in [3.63, 3.8) is 0 Å². The van der Waals surface area contributed by atoms with E-state index in [1.807, 2.05) is 0 Å². The topological polar surface area (TPSA) is 106 Å². The molecule has 2 aromatic carbocycles. The first-order valence-corrected chi connectivity index (χ1v) is 12.7. The molecule has 0 spiro atoms. The molecule has 2 atom stereocenters. The van der Waals surface area contributed by atoms with Crippen molar-refractivity contribution >= 4 is 23.3 Å². The van der Waals surface area contributed by atoms with E-state index in [2.05, 4.69) is 10.4 Å². The molecule has 1 aliphatic carbocycles. The van der Waals surface area contributed by atoms with Gasteiger partial charge >= 0.3 is 18.0 Å². The molecule has 1 aromatic heterocycles. The number of hydrogen-bond donors (Lipinski definition) is 2. The molecular formula is C26H23ClF6N4O4. The van der Waals surface area contributed by atoms with Crippen LogP contribution in [0.1, 0.15) is 36.3 Å². The Morgan fingerprint density at radius 3 is 2.32 bits per heavy atom. The predicted octanol–water partition coefficient (Wildman–Crippen LogP) is 4.33. The van der Waals surface area contributed by atoms with E-state index >= 15 is 0 Å². The Kier molecular flexibility index (Phi) is 8.64. The highest BCUT2D eigenvalue weighted by molar-refractivity contribution is 6.30. The molecule has 3 aromatic rings. The highest BCUT2D eigenvalue weighted by Crippen LogP contribution is 2.33. The molecule has 0 radical (unpaired) electrons. The average Bonchev–Trinajstić information content (AvgIpc) is 3.66. The zero-order chi connectivity index (χ0) is 30.1. The molecule has 8 nitrogen and oxygen atoms in total. The van der Waals surface area contributed by atoms with Crippen molar-refractivity contribution in [1.29, 1.82) is 0 Å². The van der Waals surface area contributed by atoms with Gasteiger partial charge in [-0.25, -0.2) is 9.48 Å². The summed E-state index contributed by atoms with van der Waals surface area (Å²) in [5, 5.41) is 16.5. The number of aliphatic hydroxyl groups excluding tert-OH is 1. The molecule has 0 bridgehead atoms. The summed E-state index contributed by atoms with van der Waals surface area (Å²) >= 11 is 5.86. The van der Waals surface area contributed by atoms with Gasteiger partial charge in [-0.3, -0.25) is 14.2 Å². The number of carbonyl (C=O) groups is 2. The van der Waals surface area contributed by atoms with Gasteiger partial charge in [0.25, 0.3) is 0 Å². The smallest absolute Gasteiger partial charge is 0.382 e. The van der Waals surface area contributed by atoms with E-state index in [1.165, 1.54) is 30.3 Å². The van der Waals surface area contributed by atoms with Crippen LogP contribution in [0.25, 0.3) is 11.4 Å². The lowest BCUT2D eigenvalue weighted by molar-refractivity contribution is -0.207. The number of aliphatic hydroxyl groups is 1. The molecule has 1 saturated carbocycles. The number of rotatable bonds is 10. The van der Waals surface area contributed by atoms with Gasteiger partial charge in [0.1, 0.15) is 6.54 Å². The van der Waals surface area contributed by atoms with Crippen LogP contribution >= 0.6 is 11.6 Å². The second-order valence-electron chi connectivity index (χ2n) is 9.64. The van der Waals surface area contributed by atoms with Crippen LogP contribution in [0.2, 0.25) is 5.02 Å². The zero-order valence-corrected chi connectivity index (χ0v) is 21.8. The number of aromatic nitrogens is 3. The summed E-state index contributed by atoms with van der Waals surface area (Å²) in [5.74, 6) is -3.08. The van der Waals surface area contributed by atoms with Crippen molar-refractivity contribution < 1.29 is 41.0 Å². The SMILES string of the molecule is O=C(CC(C(=O)NC1CC1)c1cccc(C(F)(F)F)c1)Cn1nc(-c2ccc(Cl)cc2)n(CC(O)C(F)(F)F)c1=O. The highest BCUT2D eigenvalue weighted by Gasteiger charge is 2.39. The van der Waals surface area contributed by atoms with E-state index in [0.717, 1.165) is 18.2 Å². The summed E-state index contributed by atoms with van der Waals surface area (Å²) < 4.78 is 80.3. The van der Waals surface area contributed by atoms with Gasteiger partial charge in [-0.15, -0.1) is 5.10 Å². The number of nitrogens with one attached hydrogen (secondary N) is 1. The summed E-state index contributed by atoms with van der Waals surface area (Å²) in [6.07, 6.45) is -11.9. The number of hydrogen-bond acceptors (Lipinski definition) is 5. The monoisotopic (exact) mass is 604 g/mol. The van der Waals surface area contributed by atoms with Gasteiger partial charge in [0.2, 0.25) is 5.91 Å². The maximum atomic E-state index is 13.3. The molecule has 2 N–H and O–H groups in total. The zero-order valence-electron chi connectivity index (χ0n) is 21.0. The van der Waals surface area contributed by atoms with Crippen LogP contribution in [-0.2, 0) is 28.9 Å². The van der Waals surface area contributed by atoms with E-state index in [1.54, 1.807) is 0 Å². The first-order valence-electron chi connectivity index (χ1n) is 12.3. The van der Waals surface area contributed by atoms with Crippen LogP contribution < -0.4 is 11.0 Å². The molecule has 0 saturated heterocycles. The van der Waals surface area contributed by atoms with Crippen molar-refractivity contribution in [2.45, 2.75) is 62.8 Å². The highest BCUT2D eigenvalue weighted by atomic mass is 35.5. The van der Waals surface area contributed by atoms with Gasteiger partial charge in [-0.1, -0.05) is 29.8 Å². The normalized spacial score (nSPS) is 15.4. The summed E-state index contributed by atoms with van der Waals surface area (Å²) in [5.41, 5.74) is -2.07. The molecule has 220 valence electrons. The molecule has 0 aliphatic heterocycles. The molecule has 1 amide bonds.